The third kappa shape index (κ3) is 4.30. The second-order valence-electron chi connectivity index (χ2n) is 11.4. The summed E-state index contributed by atoms with van der Waals surface area (Å²) in [4.78, 5) is 27.6. The van der Waals surface area contributed by atoms with E-state index in [1.807, 2.05) is 105 Å². The number of rotatable bonds is 7. The van der Waals surface area contributed by atoms with E-state index in [9.17, 15) is 14.7 Å². The summed E-state index contributed by atoms with van der Waals surface area (Å²) in [6.45, 7) is 6.37. The highest BCUT2D eigenvalue weighted by Gasteiger charge is 2.66. The molecule has 9 heteroatoms. The summed E-state index contributed by atoms with van der Waals surface area (Å²) < 4.78 is 8.57. The van der Waals surface area contributed by atoms with Crippen LogP contribution in [-0.2, 0) is 21.7 Å². The molecule has 1 fully saturated rings. The molecule has 3 heterocycles. The topological polar surface area (TPSA) is 101 Å². The molecule has 1 spiro atoms. The molecular weight excluding hydrogens is 520 g/mol. The predicted octanol–water partition coefficient (Wildman–Crippen LogP) is 4.93. The van der Waals surface area contributed by atoms with Crippen molar-refractivity contribution in [2.24, 2.45) is 5.92 Å². The van der Waals surface area contributed by atoms with Crippen molar-refractivity contribution in [1.82, 2.24) is 15.0 Å². The van der Waals surface area contributed by atoms with Gasteiger partial charge >= 0.3 is 0 Å². The van der Waals surface area contributed by atoms with Crippen molar-refractivity contribution in [1.29, 1.82) is 0 Å². The first-order valence-electron chi connectivity index (χ1n) is 13.7. The number of amides is 1. The van der Waals surface area contributed by atoms with Crippen molar-refractivity contribution < 1.29 is 19.4 Å². The van der Waals surface area contributed by atoms with E-state index >= 15 is 0 Å². The molecule has 1 saturated heterocycles. The maximum Gasteiger partial charge on any atom is 0.268 e. The average Bonchev–Trinajstić information content (AvgIpc) is 3.62. The summed E-state index contributed by atoms with van der Waals surface area (Å²) in [6, 6.07) is 26.8. The van der Waals surface area contributed by atoms with E-state index < -0.39 is 20.0 Å². The summed E-state index contributed by atoms with van der Waals surface area (Å²) in [6.07, 6.45) is 1.06. The second-order valence-corrected chi connectivity index (χ2v) is 15.3. The van der Waals surface area contributed by atoms with E-state index in [4.69, 9.17) is 4.74 Å². The summed E-state index contributed by atoms with van der Waals surface area (Å²) in [5.41, 5.74) is 2.30. The zero-order valence-electron chi connectivity index (χ0n) is 22.9. The van der Waals surface area contributed by atoms with Gasteiger partial charge in [-0.3, -0.25) is 14.4 Å². The van der Waals surface area contributed by atoms with Crippen LogP contribution in [-0.4, -0.2) is 45.2 Å². The lowest BCUT2D eigenvalue weighted by atomic mass is 9.82. The summed E-state index contributed by atoms with van der Waals surface area (Å²) >= 11 is 0. The van der Waals surface area contributed by atoms with Gasteiger partial charge in [-0.05, 0) is 43.3 Å². The van der Waals surface area contributed by atoms with Crippen LogP contribution in [0.25, 0.3) is 0 Å². The minimum absolute atomic E-state index is 0.118. The fourth-order valence-corrected chi connectivity index (χ4v) is 9.28. The van der Waals surface area contributed by atoms with Gasteiger partial charge in [-0.25, -0.2) is 0 Å². The predicted molar refractivity (Wildman–Crippen MR) is 154 cm³/mol. The van der Waals surface area contributed by atoms with E-state index in [0.717, 1.165) is 22.5 Å². The lowest BCUT2D eigenvalue weighted by molar-refractivity contribution is -0.145. The van der Waals surface area contributed by atoms with Crippen LogP contribution in [0.5, 0.6) is 0 Å². The van der Waals surface area contributed by atoms with Gasteiger partial charge in [0.05, 0.1) is 18.0 Å². The highest BCUT2D eigenvalue weighted by Crippen LogP contribution is 2.60. The molecule has 2 aliphatic heterocycles. The molecule has 5 atom stereocenters. The fourth-order valence-electron chi connectivity index (χ4n) is 6.67. The molecule has 0 bridgehead atoms. The van der Waals surface area contributed by atoms with Crippen LogP contribution >= 0.6 is 0 Å². The zero-order valence-corrected chi connectivity index (χ0v) is 23.9. The van der Waals surface area contributed by atoms with Crippen molar-refractivity contribution >= 4 is 25.6 Å². The average molecular weight is 555 g/mol. The fraction of sp³-hybridized carbons (Fsp3) is 0.323. The number of ether oxygens (including phenoxy) is 1. The van der Waals surface area contributed by atoms with Crippen molar-refractivity contribution in [2.45, 2.75) is 56.3 Å². The van der Waals surface area contributed by atoms with Crippen LogP contribution in [0.1, 0.15) is 36.3 Å². The minimum atomic E-state index is -2.77. The molecule has 2 N–H and O–H groups in total. The highest BCUT2D eigenvalue weighted by molar-refractivity contribution is 6.71. The normalized spacial score (nSPS) is 25.0. The smallest absolute Gasteiger partial charge is 0.268 e. The lowest BCUT2D eigenvalue weighted by Gasteiger charge is -2.32. The maximum absolute atomic E-state index is 14.4. The standard InChI is InChI=1S/C31H34N4O4Si/c1-21-29(40(2,3)38)27(18-19-34-20-25(32-33-34)28(36)22-12-6-4-7-13-22)39-31(21)24-16-10-11-17-26(24)35(30(31)37)23-14-8-5-9-15-23/h4-17,20-21,27-29,36,38H,18-19H2,1-3H3/t21-,27+,28-,29-,31+/m1/s1. The van der Waals surface area contributed by atoms with Crippen LogP contribution in [0.3, 0.4) is 0 Å². The largest absolute Gasteiger partial charge is 0.432 e. The van der Waals surface area contributed by atoms with Gasteiger partial charge < -0.3 is 14.6 Å². The summed E-state index contributed by atoms with van der Waals surface area (Å²) in [5, 5.41) is 19.2. The number of hydrogen-bond donors (Lipinski definition) is 2. The van der Waals surface area contributed by atoms with Crippen molar-refractivity contribution in [2.75, 3.05) is 4.90 Å². The Bertz CT molecular complexity index is 1510. The van der Waals surface area contributed by atoms with Gasteiger partial charge in [-0.15, -0.1) is 5.10 Å². The lowest BCUT2D eigenvalue weighted by Crippen LogP contribution is -2.45. The van der Waals surface area contributed by atoms with Crippen LogP contribution < -0.4 is 4.90 Å². The minimum Gasteiger partial charge on any atom is -0.432 e. The molecule has 40 heavy (non-hydrogen) atoms. The monoisotopic (exact) mass is 554 g/mol. The molecule has 6 rings (SSSR count). The van der Waals surface area contributed by atoms with E-state index in [0.29, 0.717) is 18.7 Å². The molecule has 206 valence electrons. The Morgan fingerprint density at radius 2 is 1.65 bits per heavy atom. The number of para-hydroxylation sites is 2. The van der Waals surface area contributed by atoms with Crippen molar-refractivity contribution in [3.05, 3.63) is 108 Å². The van der Waals surface area contributed by atoms with Crippen LogP contribution in [0.15, 0.2) is 91.1 Å². The number of nitrogens with zero attached hydrogens (tertiary/aromatic N) is 4. The Morgan fingerprint density at radius 3 is 2.35 bits per heavy atom. The molecule has 2 aliphatic rings. The summed E-state index contributed by atoms with van der Waals surface area (Å²) in [5.74, 6) is -0.357. The number of anilines is 2. The van der Waals surface area contributed by atoms with Gasteiger partial charge in [0.2, 0.25) is 0 Å². The number of carbonyl (C=O) groups is 1. The molecule has 3 aromatic carbocycles. The molecule has 0 radical (unpaired) electrons. The number of aromatic nitrogens is 3. The number of hydrogen-bond acceptors (Lipinski definition) is 6. The molecule has 1 amide bonds. The Balaban J connectivity index is 1.30. The van der Waals surface area contributed by atoms with Crippen LogP contribution in [0.4, 0.5) is 11.4 Å². The molecule has 4 aromatic rings. The van der Waals surface area contributed by atoms with E-state index in [2.05, 4.69) is 10.3 Å². The van der Waals surface area contributed by atoms with Gasteiger partial charge in [0.15, 0.2) is 13.9 Å². The van der Waals surface area contributed by atoms with Crippen LogP contribution in [0, 0.1) is 5.92 Å². The third-order valence-corrected chi connectivity index (χ3v) is 10.9. The third-order valence-electron chi connectivity index (χ3n) is 8.41. The number of aryl methyl sites for hydroxylation is 1. The Kier molecular flexibility index (Phi) is 6.70. The van der Waals surface area contributed by atoms with Gasteiger partial charge in [0, 0.05) is 29.3 Å². The van der Waals surface area contributed by atoms with Gasteiger partial charge in [-0.2, -0.15) is 0 Å². The van der Waals surface area contributed by atoms with Gasteiger partial charge in [-0.1, -0.05) is 78.9 Å². The van der Waals surface area contributed by atoms with Gasteiger partial charge in [0.25, 0.3) is 5.91 Å². The van der Waals surface area contributed by atoms with E-state index in [1.54, 1.807) is 15.8 Å². The molecule has 0 aliphatic carbocycles. The quantitative estimate of drug-likeness (QED) is 0.314. The first kappa shape index (κ1) is 26.6. The maximum atomic E-state index is 14.4. The number of aliphatic hydroxyl groups is 1. The number of benzene rings is 3. The molecule has 0 saturated carbocycles. The van der Waals surface area contributed by atoms with Gasteiger partial charge in [0.1, 0.15) is 11.8 Å². The molecule has 8 nitrogen and oxygen atoms in total. The molecular formula is C31H34N4O4Si. The second kappa shape index (κ2) is 10.1. The number of carbonyl (C=O) groups excluding carboxylic acids is 1. The summed E-state index contributed by atoms with van der Waals surface area (Å²) in [7, 11) is -2.77. The van der Waals surface area contributed by atoms with E-state index in [-0.39, 0.29) is 23.5 Å². The first-order chi connectivity index (χ1) is 19.2. The highest BCUT2D eigenvalue weighted by atomic mass is 28.4. The Labute approximate surface area is 235 Å². The van der Waals surface area contributed by atoms with Crippen molar-refractivity contribution in [3.63, 3.8) is 0 Å². The molecule has 0 unspecified atom stereocenters. The number of fused-ring (bicyclic) bond motifs is 2. The molecule has 1 aromatic heterocycles. The number of aliphatic hydroxyl groups excluding tert-OH is 1. The van der Waals surface area contributed by atoms with Crippen molar-refractivity contribution in [3.8, 4) is 0 Å². The zero-order chi connectivity index (χ0) is 28.1. The SMILES string of the molecule is C[C@@H]1[C@@H]([Si](C)(C)O)[C@H](CCn2cc([C@H](O)c3ccccc3)nn2)O[C@@]12C(=O)N(c1ccccc1)c1ccccc12. The first-order valence-corrected chi connectivity index (χ1v) is 16.8. The Morgan fingerprint density at radius 1 is 1.00 bits per heavy atom. The van der Waals surface area contributed by atoms with Crippen LogP contribution in [0.2, 0.25) is 18.6 Å². The Hall–Kier alpha value is -3.63. The van der Waals surface area contributed by atoms with E-state index in [1.165, 1.54) is 0 Å².